The largest absolute Gasteiger partial charge is 0.454 e. The molecule has 1 aromatic heterocycles. The summed E-state index contributed by atoms with van der Waals surface area (Å²) in [6.07, 6.45) is 0. The number of anilines is 3. The number of hydrogen-bond acceptors (Lipinski definition) is 2. The third-order valence-electron chi connectivity index (χ3n) is 9.43. The molecule has 0 saturated heterocycles. The van der Waals surface area contributed by atoms with Crippen LogP contribution in [0.1, 0.15) is 25.0 Å². The Labute approximate surface area is 250 Å². The average Bonchev–Trinajstić information content (AvgIpc) is 3.55. The molecule has 0 unspecified atom stereocenters. The highest BCUT2D eigenvalue weighted by Crippen LogP contribution is 2.56. The van der Waals surface area contributed by atoms with Gasteiger partial charge in [0, 0.05) is 27.3 Å². The van der Waals surface area contributed by atoms with Crippen LogP contribution < -0.4 is 4.90 Å². The van der Waals surface area contributed by atoms with Gasteiger partial charge in [0.05, 0.1) is 11.4 Å². The molecule has 1 aliphatic carbocycles. The molecule has 0 radical (unpaired) electrons. The lowest BCUT2D eigenvalue weighted by Crippen LogP contribution is -2.17. The maximum atomic E-state index is 6.61. The monoisotopic (exact) mass is 551 g/mol. The fraction of sp³-hybridized carbons (Fsp3) is 0.0732. The van der Waals surface area contributed by atoms with Crippen LogP contribution in [0.25, 0.3) is 54.6 Å². The number of benzene rings is 7. The van der Waals surface area contributed by atoms with E-state index in [-0.39, 0.29) is 5.41 Å². The molecule has 9 rings (SSSR count). The molecule has 204 valence electrons. The van der Waals surface area contributed by atoms with Crippen molar-refractivity contribution < 1.29 is 4.42 Å². The second-order valence-electron chi connectivity index (χ2n) is 12.1. The van der Waals surface area contributed by atoms with E-state index >= 15 is 0 Å². The summed E-state index contributed by atoms with van der Waals surface area (Å²) in [5, 5.41) is 7.34. The molecule has 0 fully saturated rings. The summed E-state index contributed by atoms with van der Waals surface area (Å²) < 4.78 is 6.61. The second-order valence-corrected chi connectivity index (χ2v) is 12.1. The van der Waals surface area contributed by atoms with Gasteiger partial charge in [0.15, 0.2) is 5.58 Å². The van der Waals surface area contributed by atoms with Crippen LogP contribution >= 0.6 is 0 Å². The summed E-state index contributed by atoms with van der Waals surface area (Å²) >= 11 is 0. The van der Waals surface area contributed by atoms with E-state index < -0.39 is 0 Å². The van der Waals surface area contributed by atoms with Crippen molar-refractivity contribution in [3.63, 3.8) is 0 Å². The van der Waals surface area contributed by atoms with Gasteiger partial charge < -0.3 is 9.32 Å². The van der Waals surface area contributed by atoms with E-state index in [4.69, 9.17) is 4.42 Å². The van der Waals surface area contributed by atoms with Crippen LogP contribution in [0.2, 0.25) is 0 Å². The topological polar surface area (TPSA) is 16.4 Å². The van der Waals surface area contributed by atoms with Crippen LogP contribution in [0.5, 0.6) is 0 Å². The molecule has 0 amide bonds. The van der Waals surface area contributed by atoms with Crippen molar-refractivity contribution in [3.05, 3.63) is 151 Å². The Morgan fingerprint density at radius 2 is 1.14 bits per heavy atom. The van der Waals surface area contributed by atoms with Gasteiger partial charge in [-0.05, 0) is 68.7 Å². The van der Waals surface area contributed by atoms with E-state index in [0.717, 1.165) is 39.0 Å². The SMILES string of the molecule is CC1(C)c2ccc3ccccc3c2-c2c1cc(N(c1ccccc1)c1cccc3c1oc1ccccc13)c1ccccc21. The highest BCUT2D eigenvalue weighted by molar-refractivity contribution is 6.16. The molecule has 2 heteroatoms. The highest BCUT2D eigenvalue weighted by atomic mass is 16.3. The smallest absolute Gasteiger partial charge is 0.159 e. The molecule has 0 bridgehead atoms. The molecule has 0 saturated carbocycles. The summed E-state index contributed by atoms with van der Waals surface area (Å²) in [7, 11) is 0. The molecule has 7 aromatic carbocycles. The molecule has 8 aromatic rings. The summed E-state index contributed by atoms with van der Waals surface area (Å²) in [4.78, 5) is 2.39. The van der Waals surface area contributed by atoms with E-state index in [1.54, 1.807) is 0 Å². The third kappa shape index (κ3) is 3.35. The van der Waals surface area contributed by atoms with Crippen LogP contribution in [-0.2, 0) is 5.41 Å². The fourth-order valence-corrected chi connectivity index (χ4v) is 7.40. The van der Waals surface area contributed by atoms with Crippen LogP contribution in [0, 0.1) is 0 Å². The minimum absolute atomic E-state index is 0.165. The van der Waals surface area contributed by atoms with Crippen molar-refractivity contribution in [1.29, 1.82) is 0 Å². The lowest BCUT2D eigenvalue weighted by Gasteiger charge is -2.29. The van der Waals surface area contributed by atoms with Gasteiger partial charge in [0.25, 0.3) is 0 Å². The maximum absolute atomic E-state index is 6.61. The first-order chi connectivity index (χ1) is 21.1. The van der Waals surface area contributed by atoms with Crippen molar-refractivity contribution >= 4 is 60.5 Å². The molecule has 1 aliphatic rings. The van der Waals surface area contributed by atoms with Gasteiger partial charge in [0.1, 0.15) is 5.58 Å². The molecular weight excluding hydrogens is 522 g/mol. The number of rotatable bonds is 3. The van der Waals surface area contributed by atoms with E-state index in [0.29, 0.717) is 0 Å². The third-order valence-corrected chi connectivity index (χ3v) is 9.43. The van der Waals surface area contributed by atoms with Crippen molar-refractivity contribution in [2.75, 3.05) is 4.90 Å². The summed E-state index contributed by atoms with van der Waals surface area (Å²) in [6, 6.07) is 50.3. The Kier molecular flexibility index (Phi) is 4.99. The van der Waals surface area contributed by atoms with E-state index in [2.05, 4.69) is 152 Å². The molecular formula is C41H29NO. The highest BCUT2D eigenvalue weighted by Gasteiger charge is 2.39. The molecule has 0 atom stereocenters. The second kappa shape index (κ2) is 8.83. The lowest BCUT2D eigenvalue weighted by atomic mass is 9.81. The average molecular weight is 552 g/mol. The van der Waals surface area contributed by atoms with Crippen LogP contribution in [0.3, 0.4) is 0 Å². The first-order valence-electron chi connectivity index (χ1n) is 15.0. The van der Waals surface area contributed by atoms with Gasteiger partial charge in [-0.3, -0.25) is 0 Å². The summed E-state index contributed by atoms with van der Waals surface area (Å²) in [5.74, 6) is 0. The quantitative estimate of drug-likeness (QED) is 0.217. The van der Waals surface area contributed by atoms with Gasteiger partial charge in [-0.15, -0.1) is 0 Å². The zero-order valence-electron chi connectivity index (χ0n) is 24.1. The van der Waals surface area contributed by atoms with Gasteiger partial charge in [0.2, 0.25) is 0 Å². The summed E-state index contributed by atoms with van der Waals surface area (Å²) in [6.45, 7) is 4.75. The molecule has 43 heavy (non-hydrogen) atoms. The minimum Gasteiger partial charge on any atom is -0.454 e. The fourth-order valence-electron chi connectivity index (χ4n) is 7.40. The first kappa shape index (κ1) is 24.3. The van der Waals surface area contributed by atoms with Crippen molar-refractivity contribution in [1.82, 2.24) is 0 Å². The predicted molar refractivity (Wildman–Crippen MR) is 181 cm³/mol. The van der Waals surface area contributed by atoms with Crippen LogP contribution in [0.15, 0.2) is 144 Å². The zero-order valence-corrected chi connectivity index (χ0v) is 24.1. The van der Waals surface area contributed by atoms with Gasteiger partial charge in [-0.25, -0.2) is 0 Å². The molecule has 1 heterocycles. The molecule has 0 aliphatic heterocycles. The van der Waals surface area contributed by atoms with Gasteiger partial charge in [-0.2, -0.15) is 0 Å². The number of fused-ring (bicyclic) bond motifs is 10. The van der Waals surface area contributed by atoms with Gasteiger partial charge in [-0.1, -0.05) is 123 Å². The normalized spacial score (nSPS) is 13.5. The first-order valence-corrected chi connectivity index (χ1v) is 15.0. The molecule has 0 spiro atoms. The minimum atomic E-state index is -0.165. The predicted octanol–water partition coefficient (Wildman–Crippen LogP) is 11.7. The van der Waals surface area contributed by atoms with Gasteiger partial charge >= 0.3 is 0 Å². The number of furan rings is 1. The lowest BCUT2D eigenvalue weighted by molar-refractivity contribution is 0.661. The number of nitrogens with zero attached hydrogens (tertiary/aromatic N) is 1. The Bertz CT molecular complexity index is 2380. The van der Waals surface area contributed by atoms with Crippen LogP contribution in [0.4, 0.5) is 17.1 Å². The zero-order chi connectivity index (χ0) is 28.7. The van der Waals surface area contributed by atoms with Crippen molar-refractivity contribution in [3.8, 4) is 11.1 Å². The van der Waals surface area contributed by atoms with Crippen molar-refractivity contribution in [2.24, 2.45) is 0 Å². The Morgan fingerprint density at radius 3 is 1.98 bits per heavy atom. The Balaban J connectivity index is 1.41. The number of para-hydroxylation sites is 3. The molecule has 0 N–H and O–H groups in total. The number of hydrogen-bond donors (Lipinski definition) is 0. The summed E-state index contributed by atoms with van der Waals surface area (Å²) in [5.41, 5.74) is 10.4. The maximum Gasteiger partial charge on any atom is 0.159 e. The van der Waals surface area contributed by atoms with E-state index in [9.17, 15) is 0 Å². The Morgan fingerprint density at radius 1 is 0.488 bits per heavy atom. The van der Waals surface area contributed by atoms with E-state index in [1.807, 2.05) is 6.07 Å². The standard InChI is InChI=1S/C41H29NO/c1-41(2)33-24-23-26-13-6-7-16-28(26)38(33)39-31-19-9-8-17-29(31)36(25-34(39)41)42(27-14-4-3-5-15-27)35-21-12-20-32-30-18-10-11-22-37(30)43-40(32)35/h3-25H,1-2H3. The Hall–Kier alpha value is -5.34. The van der Waals surface area contributed by atoms with Crippen molar-refractivity contribution in [2.45, 2.75) is 19.3 Å². The van der Waals surface area contributed by atoms with Crippen LogP contribution in [-0.4, -0.2) is 0 Å². The van der Waals surface area contributed by atoms with E-state index in [1.165, 1.54) is 43.8 Å². The molecule has 2 nitrogen and oxygen atoms in total.